The molecule has 16 heavy (non-hydrogen) atoms. The first kappa shape index (κ1) is 11.7. The topological polar surface area (TPSA) is 69.1 Å². The molecule has 3 nitrogen and oxygen atoms in total. The van der Waals surface area contributed by atoms with Crippen molar-refractivity contribution in [2.45, 2.75) is 18.9 Å². The second kappa shape index (κ2) is 4.24. The summed E-state index contributed by atoms with van der Waals surface area (Å²) in [6.07, 6.45) is 1.16. The number of nitrogens with two attached hydrogens (primary N) is 2. The van der Waals surface area contributed by atoms with Crippen LogP contribution in [0.5, 0.6) is 0 Å². The third-order valence-electron chi connectivity index (χ3n) is 2.99. The van der Waals surface area contributed by atoms with Crippen molar-refractivity contribution in [2.24, 2.45) is 17.4 Å². The second-order valence-corrected chi connectivity index (χ2v) is 4.93. The predicted octanol–water partition coefficient (Wildman–Crippen LogP) is 2.04. The Balaban J connectivity index is 2.42. The molecular weight excluding hydrogens is 247 g/mol. The van der Waals surface area contributed by atoms with E-state index in [0.717, 1.165) is 11.1 Å². The first-order valence-electron chi connectivity index (χ1n) is 5.01. The van der Waals surface area contributed by atoms with E-state index in [1.165, 1.54) is 0 Å². The Morgan fingerprint density at radius 3 is 2.56 bits per heavy atom. The van der Waals surface area contributed by atoms with Gasteiger partial charge in [0.05, 0.1) is 10.0 Å². The summed E-state index contributed by atoms with van der Waals surface area (Å²) in [7, 11) is 0. The number of amides is 1. The summed E-state index contributed by atoms with van der Waals surface area (Å²) in [5, 5.41) is 0.978. The lowest BCUT2D eigenvalue weighted by Gasteiger charge is -2.28. The van der Waals surface area contributed by atoms with E-state index < -0.39 is 0 Å². The van der Waals surface area contributed by atoms with Gasteiger partial charge in [-0.05, 0) is 36.1 Å². The number of hydrogen-bond acceptors (Lipinski definition) is 2. The van der Waals surface area contributed by atoms with E-state index in [1.807, 2.05) is 0 Å². The molecule has 4 N–H and O–H groups in total. The largest absolute Gasteiger partial charge is 0.369 e. The number of rotatable bonds is 1. The zero-order valence-corrected chi connectivity index (χ0v) is 10.1. The molecule has 0 saturated heterocycles. The number of benzene rings is 1. The van der Waals surface area contributed by atoms with Crippen molar-refractivity contribution in [3.05, 3.63) is 33.3 Å². The van der Waals surface area contributed by atoms with Crippen LogP contribution < -0.4 is 11.5 Å². The van der Waals surface area contributed by atoms with Crippen LogP contribution in [0, 0.1) is 5.92 Å². The average molecular weight is 259 g/mol. The van der Waals surface area contributed by atoms with Crippen LogP contribution in [0.15, 0.2) is 12.1 Å². The Hall–Kier alpha value is -0.770. The lowest BCUT2D eigenvalue weighted by Crippen LogP contribution is -2.33. The van der Waals surface area contributed by atoms with E-state index in [4.69, 9.17) is 34.7 Å². The Morgan fingerprint density at radius 1 is 1.31 bits per heavy atom. The Morgan fingerprint density at radius 2 is 1.94 bits per heavy atom. The molecule has 0 radical (unpaired) electrons. The van der Waals surface area contributed by atoms with Crippen molar-refractivity contribution in [1.82, 2.24) is 0 Å². The third kappa shape index (κ3) is 2.03. The predicted molar refractivity (Wildman–Crippen MR) is 64.4 cm³/mol. The molecule has 0 aromatic heterocycles. The Labute approximate surface area is 104 Å². The number of hydrogen-bond donors (Lipinski definition) is 2. The van der Waals surface area contributed by atoms with Crippen LogP contribution in [0.4, 0.5) is 0 Å². The van der Waals surface area contributed by atoms with Crippen molar-refractivity contribution in [2.75, 3.05) is 0 Å². The van der Waals surface area contributed by atoms with Gasteiger partial charge in [0, 0.05) is 12.0 Å². The number of carbonyl (C=O) groups is 1. The van der Waals surface area contributed by atoms with Gasteiger partial charge in [0.1, 0.15) is 0 Å². The molecule has 1 aliphatic rings. The molecule has 86 valence electrons. The van der Waals surface area contributed by atoms with Crippen LogP contribution >= 0.6 is 23.2 Å². The summed E-state index contributed by atoms with van der Waals surface area (Å²) in [5.74, 6) is -0.521. The van der Waals surface area contributed by atoms with E-state index in [1.54, 1.807) is 12.1 Å². The lowest BCUT2D eigenvalue weighted by atomic mass is 9.81. The SMILES string of the molecule is NC(=O)[C@@H]1Cc2cc(Cl)c(Cl)cc2[C@@H](N)C1. The molecule has 0 saturated carbocycles. The van der Waals surface area contributed by atoms with Crippen LogP contribution in [-0.2, 0) is 11.2 Å². The van der Waals surface area contributed by atoms with Gasteiger partial charge in [0.25, 0.3) is 0 Å². The van der Waals surface area contributed by atoms with E-state index in [9.17, 15) is 4.79 Å². The second-order valence-electron chi connectivity index (χ2n) is 4.11. The lowest BCUT2D eigenvalue weighted by molar-refractivity contribution is -0.122. The van der Waals surface area contributed by atoms with Crippen LogP contribution in [0.1, 0.15) is 23.6 Å². The molecule has 0 spiro atoms. The summed E-state index contributed by atoms with van der Waals surface area (Å²) >= 11 is 11.9. The van der Waals surface area contributed by atoms with Crippen LogP contribution in [0.2, 0.25) is 10.0 Å². The van der Waals surface area contributed by atoms with Crippen molar-refractivity contribution >= 4 is 29.1 Å². The molecule has 2 atom stereocenters. The molecule has 1 aliphatic carbocycles. The van der Waals surface area contributed by atoms with Gasteiger partial charge in [-0.15, -0.1) is 0 Å². The van der Waals surface area contributed by atoms with E-state index in [-0.39, 0.29) is 17.9 Å². The molecule has 0 aliphatic heterocycles. The van der Waals surface area contributed by atoms with Crippen molar-refractivity contribution in [3.63, 3.8) is 0 Å². The molecule has 2 rings (SSSR count). The molecular formula is C11H12Cl2N2O. The van der Waals surface area contributed by atoms with Gasteiger partial charge in [0.15, 0.2) is 0 Å². The molecule has 5 heteroatoms. The maximum atomic E-state index is 11.2. The zero-order chi connectivity index (χ0) is 11.9. The minimum absolute atomic E-state index is 0.198. The summed E-state index contributed by atoms with van der Waals surface area (Å²) in [4.78, 5) is 11.2. The Kier molecular flexibility index (Phi) is 3.10. The molecule has 0 fully saturated rings. The number of fused-ring (bicyclic) bond motifs is 1. The standard InChI is InChI=1S/C11H12Cl2N2O/c12-8-2-5-1-6(11(15)16)3-10(14)7(5)4-9(8)13/h2,4,6,10H,1,3,14H2,(H2,15,16)/t6-,10+/m1/s1. The minimum atomic E-state index is -0.313. The first-order valence-corrected chi connectivity index (χ1v) is 5.77. The molecule has 0 heterocycles. The fourth-order valence-corrected chi connectivity index (χ4v) is 2.48. The maximum absolute atomic E-state index is 11.2. The Bertz CT molecular complexity index is 448. The monoisotopic (exact) mass is 258 g/mol. The fraction of sp³-hybridized carbons (Fsp3) is 0.364. The minimum Gasteiger partial charge on any atom is -0.369 e. The highest BCUT2D eigenvalue weighted by Gasteiger charge is 2.28. The summed E-state index contributed by atoms with van der Waals surface area (Å²) < 4.78 is 0. The number of primary amides is 1. The first-order chi connectivity index (χ1) is 7.49. The number of halogens is 2. The van der Waals surface area contributed by atoms with E-state index in [2.05, 4.69) is 0 Å². The van der Waals surface area contributed by atoms with Crippen molar-refractivity contribution in [1.29, 1.82) is 0 Å². The summed E-state index contributed by atoms with van der Waals surface area (Å²) in [5.41, 5.74) is 13.2. The zero-order valence-electron chi connectivity index (χ0n) is 8.54. The highest BCUT2D eigenvalue weighted by molar-refractivity contribution is 6.42. The van der Waals surface area contributed by atoms with Gasteiger partial charge < -0.3 is 11.5 Å². The highest BCUT2D eigenvalue weighted by atomic mass is 35.5. The van der Waals surface area contributed by atoms with E-state index in [0.29, 0.717) is 22.9 Å². The molecule has 1 aromatic rings. The van der Waals surface area contributed by atoms with Crippen molar-refractivity contribution < 1.29 is 4.79 Å². The van der Waals surface area contributed by atoms with Crippen molar-refractivity contribution in [3.8, 4) is 0 Å². The maximum Gasteiger partial charge on any atom is 0.220 e. The highest BCUT2D eigenvalue weighted by Crippen LogP contribution is 2.36. The number of carbonyl (C=O) groups excluding carboxylic acids is 1. The summed E-state index contributed by atoms with van der Waals surface area (Å²) in [6.45, 7) is 0. The van der Waals surface area contributed by atoms with E-state index >= 15 is 0 Å². The average Bonchev–Trinajstić information content (AvgIpc) is 2.20. The molecule has 0 unspecified atom stereocenters. The smallest absolute Gasteiger partial charge is 0.220 e. The van der Waals surface area contributed by atoms with Gasteiger partial charge in [-0.3, -0.25) is 4.79 Å². The fourth-order valence-electron chi connectivity index (χ4n) is 2.12. The molecule has 1 amide bonds. The van der Waals surface area contributed by atoms with Gasteiger partial charge in [-0.2, -0.15) is 0 Å². The molecule has 0 bridgehead atoms. The van der Waals surface area contributed by atoms with Gasteiger partial charge >= 0.3 is 0 Å². The normalized spacial score (nSPS) is 23.9. The van der Waals surface area contributed by atoms with Gasteiger partial charge in [-0.25, -0.2) is 0 Å². The van der Waals surface area contributed by atoms with Gasteiger partial charge in [0.2, 0.25) is 5.91 Å². The molecule has 1 aromatic carbocycles. The van der Waals surface area contributed by atoms with Crippen LogP contribution in [0.3, 0.4) is 0 Å². The van der Waals surface area contributed by atoms with Crippen LogP contribution in [0.25, 0.3) is 0 Å². The van der Waals surface area contributed by atoms with Crippen LogP contribution in [-0.4, -0.2) is 5.91 Å². The van der Waals surface area contributed by atoms with Gasteiger partial charge in [-0.1, -0.05) is 23.2 Å². The summed E-state index contributed by atoms with van der Waals surface area (Å²) in [6, 6.07) is 3.35. The third-order valence-corrected chi connectivity index (χ3v) is 3.71. The quantitative estimate of drug-likeness (QED) is 0.810.